The number of rotatable bonds is 4. The summed E-state index contributed by atoms with van der Waals surface area (Å²) >= 11 is 1.68. The third kappa shape index (κ3) is 3.05. The molecular formula is C23H18N10S. The number of nitrogens with one attached hydrogen (secondary N) is 2. The van der Waals surface area contributed by atoms with Crippen molar-refractivity contribution in [2.45, 2.75) is 6.04 Å². The second kappa shape index (κ2) is 7.40. The van der Waals surface area contributed by atoms with Crippen LogP contribution in [0.1, 0.15) is 0 Å². The SMILES string of the molecule is NC1CN(c2cncc(-c3ccc4[nH]nc(-c5nc6nccc(-c7cccs7)c6[nH]5)c4n3)n2)C1. The highest BCUT2D eigenvalue weighted by Crippen LogP contribution is 2.32. The van der Waals surface area contributed by atoms with Gasteiger partial charge in [0.2, 0.25) is 0 Å². The monoisotopic (exact) mass is 466 g/mol. The molecule has 1 aliphatic heterocycles. The van der Waals surface area contributed by atoms with E-state index in [0.717, 1.165) is 40.4 Å². The average Bonchev–Trinajstić information content (AvgIpc) is 3.60. The fraction of sp³-hybridized carbons (Fsp3) is 0.130. The van der Waals surface area contributed by atoms with Crippen molar-refractivity contribution >= 4 is 39.4 Å². The first kappa shape index (κ1) is 19.3. The molecule has 166 valence electrons. The third-order valence-corrected chi connectivity index (χ3v) is 6.83. The molecule has 0 unspecified atom stereocenters. The molecular weight excluding hydrogens is 448 g/mol. The maximum atomic E-state index is 5.92. The van der Waals surface area contributed by atoms with Crippen LogP contribution in [0.25, 0.3) is 55.5 Å². The number of fused-ring (bicyclic) bond motifs is 2. The molecule has 1 fully saturated rings. The Bertz CT molecular complexity index is 1650. The number of hydrogen-bond acceptors (Lipinski definition) is 9. The van der Waals surface area contributed by atoms with Gasteiger partial charge in [0.15, 0.2) is 17.2 Å². The molecule has 7 heterocycles. The number of aromatic nitrogens is 8. The first-order valence-corrected chi connectivity index (χ1v) is 11.7. The van der Waals surface area contributed by atoms with E-state index in [2.05, 4.69) is 41.5 Å². The Morgan fingerprint density at radius 3 is 2.82 bits per heavy atom. The van der Waals surface area contributed by atoms with Crippen LogP contribution in [-0.2, 0) is 0 Å². The lowest BCUT2D eigenvalue weighted by molar-refractivity contribution is 0.514. The van der Waals surface area contributed by atoms with Gasteiger partial charge in [-0.05, 0) is 29.6 Å². The quantitative estimate of drug-likeness (QED) is 0.360. The Labute approximate surface area is 196 Å². The summed E-state index contributed by atoms with van der Waals surface area (Å²) in [6.07, 6.45) is 5.25. The highest BCUT2D eigenvalue weighted by Gasteiger charge is 2.25. The summed E-state index contributed by atoms with van der Waals surface area (Å²) in [5.41, 5.74) is 12.0. The molecule has 0 aromatic carbocycles. The summed E-state index contributed by atoms with van der Waals surface area (Å²) in [6.45, 7) is 1.56. The Morgan fingerprint density at radius 1 is 1.03 bits per heavy atom. The minimum atomic E-state index is 0.187. The highest BCUT2D eigenvalue weighted by atomic mass is 32.1. The van der Waals surface area contributed by atoms with E-state index < -0.39 is 0 Å². The molecule has 7 rings (SSSR count). The summed E-state index contributed by atoms with van der Waals surface area (Å²) < 4.78 is 0. The van der Waals surface area contributed by atoms with E-state index in [4.69, 9.17) is 20.7 Å². The number of imidazole rings is 1. The molecule has 0 aliphatic carbocycles. The number of H-pyrrole nitrogens is 2. The number of nitrogens with zero attached hydrogens (tertiary/aromatic N) is 7. The highest BCUT2D eigenvalue weighted by molar-refractivity contribution is 7.13. The fourth-order valence-electron chi connectivity index (χ4n) is 4.20. The zero-order valence-corrected chi connectivity index (χ0v) is 18.6. The van der Waals surface area contributed by atoms with Gasteiger partial charge in [-0.25, -0.2) is 19.9 Å². The van der Waals surface area contributed by atoms with Crippen LogP contribution in [0.2, 0.25) is 0 Å². The zero-order valence-electron chi connectivity index (χ0n) is 17.8. The van der Waals surface area contributed by atoms with Crippen molar-refractivity contribution in [2.24, 2.45) is 5.73 Å². The van der Waals surface area contributed by atoms with Crippen LogP contribution in [0, 0.1) is 0 Å². The predicted octanol–water partition coefficient (Wildman–Crippen LogP) is 3.23. The first-order valence-electron chi connectivity index (χ1n) is 10.8. The fourth-order valence-corrected chi connectivity index (χ4v) is 4.96. The second-order valence-electron chi connectivity index (χ2n) is 8.21. The van der Waals surface area contributed by atoms with Crippen molar-refractivity contribution in [2.75, 3.05) is 18.0 Å². The second-order valence-corrected chi connectivity index (χ2v) is 9.16. The summed E-state index contributed by atoms with van der Waals surface area (Å²) in [7, 11) is 0. The lowest BCUT2D eigenvalue weighted by atomic mass is 10.1. The van der Waals surface area contributed by atoms with Crippen molar-refractivity contribution in [1.29, 1.82) is 0 Å². The summed E-state index contributed by atoms with van der Waals surface area (Å²) in [5, 5.41) is 9.61. The van der Waals surface area contributed by atoms with Crippen molar-refractivity contribution < 1.29 is 0 Å². The van der Waals surface area contributed by atoms with Crippen molar-refractivity contribution in [3.8, 4) is 33.3 Å². The number of pyridine rings is 2. The molecule has 11 heteroatoms. The molecule has 0 atom stereocenters. The number of anilines is 1. The van der Waals surface area contributed by atoms with Gasteiger partial charge in [-0.15, -0.1) is 11.3 Å². The van der Waals surface area contributed by atoms with Crippen molar-refractivity contribution in [1.82, 2.24) is 40.1 Å². The molecule has 0 bridgehead atoms. The zero-order chi connectivity index (χ0) is 22.6. The molecule has 4 N–H and O–H groups in total. The van der Waals surface area contributed by atoms with Crippen LogP contribution in [0.3, 0.4) is 0 Å². The third-order valence-electron chi connectivity index (χ3n) is 5.93. The predicted molar refractivity (Wildman–Crippen MR) is 131 cm³/mol. The van der Waals surface area contributed by atoms with E-state index in [1.165, 1.54) is 0 Å². The van der Waals surface area contributed by atoms with Crippen LogP contribution in [0.4, 0.5) is 5.82 Å². The van der Waals surface area contributed by atoms with Gasteiger partial charge in [0.25, 0.3) is 0 Å². The average molecular weight is 467 g/mol. The van der Waals surface area contributed by atoms with E-state index in [1.807, 2.05) is 24.3 Å². The summed E-state index contributed by atoms with van der Waals surface area (Å²) in [5.74, 6) is 1.41. The first-order chi connectivity index (χ1) is 16.7. The van der Waals surface area contributed by atoms with Crippen LogP contribution in [0.15, 0.2) is 54.3 Å². The molecule has 1 aliphatic rings. The van der Waals surface area contributed by atoms with Gasteiger partial charge in [-0.1, -0.05) is 6.07 Å². The minimum absolute atomic E-state index is 0.187. The normalized spacial score (nSPS) is 14.2. The topological polar surface area (TPSA) is 138 Å². The number of aromatic amines is 2. The maximum absolute atomic E-state index is 5.92. The standard InChI is InChI=1S/C23H18N10S/c24-12-10-33(11-12)18-9-25-8-16(27-18)14-3-4-15-20(28-14)21(32-31-15)23-29-19-13(17-2-1-7-34-17)5-6-26-22(19)30-23/h1-9,12H,10-11,24H2,(H,31,32)(H,26,29,30). The molecule has 10 nitrogen and oxygen atoms in total. The largest absolute Gasteiger partial charge is 0.352 e. The molecule has 6 aromatic heterocycles. The Morgan fingerprint density at radius 2 is 1.97 bits per heavy atom. The van der Waals surface area contributed by atoms with Gasteiger partial charge in [0.1, 0.15) is 17.0 Å². The van der Waals surface area contributed by atoms with Crippen LogP contribution >= 0.6 is 11.3 Å². The summed E-state index contributed by atoms with van der Waals surface area (Å²) in [6, 6.07) is 10.2. The number of hydrogen-bond donors (Lipinski definition) is 3. The van der Waals surface area contributed by atoms with Crippen LogP contribution < -0.4 is 10.6 Å². The van der Waals surface area contributed by atoms with Gasteiger partial charge >= 0.3 is 0 Å². The van der Waals surface area contributed by atoms with Gasteiger partial charge < -0.3 is 15.6 Å². The van der Waals surface area contributed by atoms with Crippen LogP contribution in [0.5, 0.6) is 0 Å². The van der Waals surface area contributed by atoms with Crippen molar-refractivity contribution in [3.63, 3.8) is 0 Å². The number of thiophene rings is 1. The molecule has 0 spiro atoms. The van der Waals surface area contributed by atoms with Crippen molar-refractivity contribution in [3.05, 3.63) is 54.3 Å². The van der Waals surface area contributed by atoms with Gasteiger partial charge in [0, 0.05) is 35.8 Å². The van der Waals surface area contributed by atoms with Gasteiger partial charge in [-0.3, -0.25) is 10.1 Å². The Hall–Kier alpha value is -4.22. The van der Waals surface area contributed by atoms with E-state index in [-0.39, 0.29) is 6.04 Å². The van der Waals surface area contributed by atoms with E-state index >= 15 is 0 Å². The minimum Gasteiger partial charge on any atom is -0.352 e. The Balaban J connectivity index is 1.31. The van der Waals surface area contributed by atoms with Crippen LogP contribution in [-0.4, -0.2) is 59.2 Å². The molecule has 1 saturated heterocycles. The van der Waals surface area contributed by atoms with E-state index in [1.54, 1.807) is 29.9 Å². The molecule has 6 aromatic rings. The molecule has 0 saturated carbocycles. The lowest BCUT2D eigenvalue weighted by Crippen LogP contribution is -2.56. The molecule has 0 radical (unpaired) electrons. The molecule has 34 heavy (non-hydrogen) atoms. The maximum Gasteiger partial charge on any atom is 0.178 e. The smallest absolute Gasteiger partial charge is 0.178 e. The Kier molecular flexibility index (Phi) is 4.19. The number of nitrogens with two attached hydrogens (primary N) is 1. The lowest BCUT2D eigenvalue weighted by Gasteiger charge is -2.37. The van der Waals surface area contributed by atoms with E-state index in [9.17, 15) is 0 Å². The van der Waals surface area contributed by atoms with Gasteiger partial charge in [-0.2, -0.15) is 5.10 Å². The summed E-state index contributed by atoms with van der Waals surface area (Å²) in [4.78, 5) is 29.8. The van der Waals surface area contributed by atoms with E-state index in [0.29, 0.717) is 34.1 Å². The van der Waals surface area contributed by atoms with Gasteiger partial charge in [0.05, 0.1) is 29.1 Å². The molecule has 0 amide bonds.